The Morgan fingerprint density at radius 3 is 2.75 bits per heavy atom. The van der Waals surface area contributed by atoms with E-state index in [0.29, 0.717) is 12.8 Å². The van der Waals surface area contributed by atoms with Crippen molar-refractivity contribution in [1.82, 2.24) is 5.32 Å². The van der Waals surface area contributed by atoms with Crippen LogP contribution in [0.2, 0.25) is 0 Å². The average molecular weight is 229 g/mol. The number of nitrogens with one attached hydrogen (secondary N) is 1. The van der Waals surface area contributed by atoms with Crippen LogP contribution in [0.25, 0.3) is 0 Å². The Morgan fingerprint density at radius 1 is 1.50 bits per heavy atom. The highest BCUT2D eigenvalue weighted by atomic mass is 16.5. The maximum Gasteiger partial charge on any atom is 0.308 e. The van der Waals surface area contributed by atoms with E-state index >= 15 is 0 Å². The second-order valence-corrected chi connectivity index (χ2v) is 4.54. The van der Waals surface area contributed by atoms with Crippen LogP contribution < -0.4 is 5.32 Å². The minimum absolute atomic E-state index is 0.0259. The van der Waals surface area contributed by atoms with E-state index in [1.807, 2.05) is 0 Å². The molecule has 92 valence electrons. The van der Waals surface area contributed by atoms with Gasteiger partial charge < -0.3 is 15.2 Å². The molecule has 0 aromatic rings. The molecule has 5 nitrogen and oxygen atoms in total. The Kier molecular flexibility index (Phi) is 4.29. The summed E-state index contributed by atoms with van der Waals surface area (Å²) < 4.78 is 4.73. The number of aliphatic carboxylic acids is 1. The van der Waals surface area contributed by atoms with Gasteiger partial charge in [0.1, 0.15) is 6.61 Å². The SMILES string of the molecule is COCC(=O)NC1(C)CCCCC1C(=O)O. The molecule has 1 amide bonds. The van der Waals surface area contributed by atoms with Crippen LogP contribution in [0.4, 0.5) is 0 Å². The van der Waals surface area contributed by atoms with Crippen molar-refractivity contribution in [3.8, 4) is 0 Å². The molecule has 2 unspecified atom stereocenters. The fraction of sp³-hybridized carbons (Fsp3) is 0.818. The topological polar surface area (TPSA) is 75.6 Å². The Balaban J connectivity index is 2.70. The van der Waals surface area contributed by atoms with Crippen molar-refractivity contribution in [2.45, 2.75) is 38.1 Å². The van der Waals surface area contributed by atoms with Crippen molar-refractivity contribution in [2.75, 3.05) is 13.7 Å². The number of carbonyl (C=O) groups is 2. The Morgan fingerprint density at radius 2 is 2.19 bits per heavy atom. The predicted octanol–water partition coefficient (Wildman–Crippen LogP) is 0.782. The van der Waals surface area contributed by atoms with E-state index in [1.165, 1.54) is 7.11 Å². The average Bonchev–Trinajstić information content (AvgIpc) is 2.17. The van der Waals surface area contributed by atoms with Crippen LogP contribution in [0.5, 0.6) is 0 Å². The molecule has 0 aromatic carbocycles. The lowest BCUT2D eigenvalue weighted by molar-refractivity contribution is -0.147. The summed E-state index contributed by atoms with van der Waals surface area (Å²) in [5.41, 5.74) is -0.639. The number of carbonyl (C=O) groups excluding carboxylic acids is 1. The van der Waals surface area contributed by atoms with Gasteiger partial charge in [-0.15, -0.1) is 0 Å². The Hall–Kier alpha value is -1.10. The molecule has 0 spiro atoms. The first kappa shape index (κ1) is 13.0. The molecule has 0 aliphatic heterocycles. The molecule has 0 aromatic heterocycles. The summed E-state index contributed by atoms with van der Waals surface area (Å²) in [6.07, 6.45) is 3.19. The minimum Gasteiger partial charge on any atom is -0.481 e. The van der Waals surface area contributed by atoms with Gasteiger partial charge in [0.15, 0.2) is 0 Å². The summed E-state index contributed by atoms with van der Waals surface area (Å²) in [6, 6.07) is 0. The normalized spacial score (nSPS) is 29.8. The van der Waals surface area contributed by atoms with Crippen molar-refractivity contribution in [3.63, 3.8) is 0 Å². The van der Waals surface area contributed by atoms with E-state index in [0.717, 1.165) is 12.8 Å². The molecular formula is C11H19NO4. The number of ether oxygens (including phenoxy) is 1. The summed E-state index contributed by atoms with van der Waals surface area (Å²) in [5, 5.41) is 11.9. The highest BCUT2D eigenvalue weighted by Gasteiger charge is 2.41. The van der Waals surface area contributed by atoms with Crippen LogP contribution in [0, 0.1) is 5.92 Å². The molecule has 2 atom stereocenters. The van der Waals surface area contributed by atoms with Gasteiger partial charge in [-0.1, -0.05) is 12.8 Å². The molecule has 0 bridgehead atoms. The van der Waals surface area contributed by atoms with Gasteiger partial charge in [0.25, 0.3) is 0 Å². The van der Waals surface area contributed by atoms with Gasteiger partial charge in [-0.3, -0.25) is 9.59 Å². The van der Waals surface area contributed by atoms with Gasteiger partial charge in [0.05, 0.1) is 11.5 Å². The maximum atomic E-state index is 11.5. The zero-order valence-electron chi connectivity index (χ0n) is 9.78. The van der Waals surface area contributed by atoms with Gasteiger partial charge in [0.2, 0.25) is 5.91 Å². The molecule has 0 heterocycles. The van der Waals surface area contributed by atoms with Crippen LogP contribution >= 0.6 is 0 Å². The highest BCUT2D eigenvalue weighted by molar-refractivity contribution is 5.80. The zero-order valence-corrected chi connectivity index (χ0v) is 9.78. The second kappa shape index (κ2) is 5.30. The van der Waals surface area contributed by atoms with Gasteiger partial charge in [-0.25, -0.2) is 0 Å². The number of amides is 1. The molecule has 1 aliphatic carbocycles. The summed E-state index contributed by atoms with van der Waals surface area (Å²) in [7, 11) is 1.44. The Labute approximate surface area is 95.2 Å². The summed E-state index contributed by atoms with van der Waals surface area (Å²) in [6.45, 7) is 1.78. The van der Waals surface area contributed by atoms with Crippen LogP contribution in [0.1, 0.15) is 32.6 Å². The molecule has 0 saturated heterocycles. The van der Waals surface area contributed by atoms with E-state index in [9.17, 15) is 9.59 Å². The van der Waals surface area contributed by atoms with Crippen molar-refractivity contribution >= 4 is 11.9 Å². The predicted molar refractivity (Wildman–Crippen MR) is 58.0 cm³/mol. The fourth-order valence-electron chi connectivity index (χ4n) is 2.36. The van der Waals surface area contributed by atoms with Gasteiger partial charge >= 0.3 is 5.97 Å². The van der Waals surface area contributed by atoms with Gasteiger partial charge in [-0.05, 0) is 19.8 Å². The smallest absolute Gasteiger partial charge is 0.308 e. The highest BCUT2D eigenvalue weighted by Crippen LogP contribution is 2.33. The van der Waals surface area contributed by atoms with Crippen molar-refractivity contribution in [3.05, 3.63) is 0 Å². The molecule has 16 heavy (non-hydrogen) atoms. The molecule has 2 N–H and O–H groups in total. The van der Waals surface area contributed by atoms with Crippen LogP contribution in [-0.2, 0) is 14.3 Å². The van der Waals surface area contributed by atoms with Gasteiger partial charge in [0, 0.05) is 7.11 Å². The molecule has 1 saturated carbocycles. The number of rotatable bonds is 4. The quantitative estimate of drug-likeness (QED) is 0.747. The monoisotopic (exact) mass is 229 g/mol. The van der Waals surface area contributed by atoms with E-state index in [1.54, 1.807) is 6.92 Å². The standard InChI is InChI=1S/C11H19NO4/c1-11(12-9(13)7-16-2)6-4-3-5-8(11)10(14)15/h8H,3-7H2,1-2H3,(H,12,13)(H,14,15). The third kappa shape index (κ3) is 2.95. The number of hydrogen-bond acceptors (Lipinski definition) is 3. The number of carboxylic acids is 1. The molecule has 1 aliphatic rings. The summed E-state index contributed by atoms with van der Waals surface area (Å²) in [5.74, 6) is -1.58. The van der Waals surface area contributed by atoms with E-state index in [-0.39, 0.29) is 12.5 Å². The lowest BCUT2D eigenvalue weighted by Gasteiger charge is -2.39. The first-order valence-electron chi connectivity index (χ1n) is 5.52. The molecule has 5 heteroatoms. The largest absolute Gasteiger partial charge is 0.481 e. The van der Waals surface area contributed by atoms with Crippen molar-refractivity contribution in [2.24, 2.45) is 5.92 Å². The maximum absolute atomic E-state index is 11.5. The van der Waals surface area contributed by atoms with Gasteiger partial charge in [-0.2, -0.15) is 0 Å². The number of methoxy groups -OCH3 is 1. The van der Waals surface area contributed by atoms with E-state index < -0.39 is 17.4 Å². The third-order valence-electron chi connectivity index (χ3n) is 3.21. The van der Waals surface area contributed by atoms with Crippen LogP contribution in [0.15, 0.2) is 0 Å². The van der Waals surface area contributed by atoms with Crippen molar-refractivity contribution in [1.29, 1.82) is 0 Å². The number of hydrogen-bond donors (Lipinski definition) is 2. The number of carboxylic acid groups (broad SMARTS) is 1. The molecule has 1 fully saturated rings. The lowest BCUT2D eigenvalue weighted by atomic mass is 9.74. The second-order valence-electron chi connectivity index (χ2n) is 4.54. The summed E-state index contributed by atoms with van der Waals surface area (Å²) in [4.78, 5) is 22.6. The van der Waals surface area contributed by atoms with E-state index in [4.69, 9.17) is 9.84 Å². The summed E-state index contributed by atoms with van der Waals surface area (Å²) >= 11 is 0. The molecular weight excluding hydrogens is 210 g/mol. The van der Waals surface area contributed by atoms with E-state index in [2.05, 4.69) is 5.32 Å². The fourth-order valence-corrected chi connectivity index (χ4v) is 2.36. The first-order valence-corrected chi connectivity index (χ1v) is 5.52. The van der Waals surface area contributed by atoms with Crippen LogP contribution in [0.3, 0.4) is 0 Å². The third-order valence-corrected chi connectivity index (χ3v) is 3.21. The van der Waals surface area contributed by atoms with Crippen molar-refractivity contribution < 1.29 is 19.4 Å². The molecule has 1 rings (SSSR count). The molecule has 0 radical (unpaired) electrons. The van der Waals surface area contributed by atoms with Crippen LogP contribution in [-0.4, -0.2) is 36.2 Å². The first-order chi connectivity index (χ1) is 7.49. The Bertz CT molecular complexity index is 279. The zero-order chi connectivity index (χ0) is 12.2. The lowest BCUT2D eigenvalue weighted by Crippen LogP contribution is -2.56. The minimum atomic E-state index is -0.833.